The van der Waals surface area contributed by atoms with Crippen LogP contribution < -0.4 is 0 Å². The van der Waals surface area contributed by atoms with Crippen molar-refractivity contribution in [1.82, 2.24) is 4.90 Å². The van der Waals surface area contributed by atoms with Crippen molar-refractivity contribution in [2.75, 3.05) is 35.4 Å². The van der Waals surface area contributed by atoms with Crippen molar-refractivity contribution in [1.29, 1.82) is 0 Å². The summed E-state index contributed by atoms with van der Waals surface area (Å²) in [6.07, 6.45) is 8.69. The average Bonchev–Trinajstić information content (AvgIpc) is 3.74. The number of nitrogens with zero attached hydrogens (tertiary/aromatic N) is 1. The van der Waals surface area contributed by atoms with E-state index in [1.165, 1.54) is 5.57 Å². The maximum atomic E-state index is 14.8. The number of Topliss-reactive ketones (excluding diaryl/α,β-unsaturated/α-hetero) is 1. The van der Waals surface area contributed by atoms with E-state index in [0.29, 0.717) is 18.4 Å². The molecule has 0 N–H and O–H groups in total. The minimum atomic E-state index is -0.601. The molecule has 1 unspecified atom stereocenters. The van der Waals surface area contributed by atoms with Gasteiger partial charge in [0.25, 0.3) is 0 Å². The van der Waals surface area contributed by atoms with Gasteiger partial charge in [0.15, 0.2) is 18.4 Å². The molecule has 55 heavy (non-hydrogen) atoms. The number of carbonyl (C=O) groups excluding carboxylic acids is 2. The summed E-state index contributed by atoms with van der Waals surface area (Å²) in [6.45, 7) is 12.7. The number of methoxy groups -OCH3 is 3. The van der Waals surface area contributed by atoms with Crippen LogP contribution in [0.2, 0.25) is 0 Å². The Morgan fingerprint density at radius 3 is 2.22 bits per heavy atom. The van der Waals surface area contributed by atoms with Crippen LogP contribution >= 0.6 is 0 Å². The Kier molecular flexibility index (Phi) is 14.4. The standard InChI is InChI=1S/C44H71NO10/c1-12-23(2)36-14-13-15-37(55-39-17-16-35(45(7)8)26(5)51-39)25(4)40(47)34-21-32-30(33(34)22-38(46)54-36)18-24(3)29-19-28(20-31(29)32)53-44-43(50-11)42(49-10)41(48-9)27(6)52-44/h18,21,23,25-33,35-37,39,41-44H,12-17,19-20,22H2,1-11H3/t23?,25-,26-,27+,28-,29+,30-,31-,32-,33+,35+,36-,37+,39+,41+,42-,43-,44+/m1/s1. The number of fused-ring (bicyclic) bond motifs is 5. The van der Waals surface area contributed by atoms with Gasteiger partial charge in [-0.05, 0) is 115 Å². The molecule has 3 saturated heterocycles. The first-order valence-electron chi connectivity index (χ1n) is 21.3. The zero-order valence-corrected chi connectivity index (χ0v) is 35.4. The number of esters is 1. The molecule has 0 radical (unpaired) electrons. The van der Waals surface area contributed by atoms with Crippen LogP contribution in [-0.4, -0.2) is 120 Å². The molecule has 312 valence electrons. The van der Waals surface area contributed by atoms with E-state index in [0.717, 1.165) is 50.5 Å². The first-order chi connectivity index (χ1) is 26.3. The van der Waals surface area contributed by atoms with Gasteiger partial charge in [0.2, 0.25) is 0 Å². The second-order valence-electron chi connectivity index (χ2n) is 17.9. The second kappa shape index (κ2) is 18.5. The molecule has 3 aliphatic carbocycles. The highest BCUT2D eigenvalue weighted by atomic mass is 16.7. The van der Waals surface area contributed by atoms with E-state index < -0.39 is 12.4 Å². The fourth-order valence-corrected chi connectivity index (χ4v) is 11.1. The van der Waals surface area contributed by atoms with E-state index in [2.05, 4.69) is 58.8 Å². The van der Waals surface area contributed by atoms with E-state index >= 15 is 0 Å². The third-order valence-electron chi connectivity index (χ3n) is 14.4. The molecule has 6 aliphatic rings. The number of hydrogen-bond acceptors (Lipinski definition) is 11. The Labute approximate surface area is 330 Å². The minimum Gasteiger partial charge on any atom is -0.462 e. The predicted octanol–water partition coefficient (Wildman–Crippen LogP) is 6.51. The van der Waals surface area contributed by atoms with E-state index in [4.69, 9.17) is 37.9 Å². The molecule has 6 rings (SSSR count). The smallest absolute Gasteiger partial charge is 0.306 e. The number of carbonyl (C=O) groups is 2. The monoisotopic (exact) mass is 774 g/mol. The third kappa shape index (κ3) is 8.99. The maximum Gasteiger partial charge on any atom is 0.306 e. The lowest BCUT2D eigenvalue weighted by Gasteiger charge is -2.44. The Morgan fingerprint density at radius 1 is 0.836 bits per heavy atom. The molecule has 4 fully saturated rings. The van der Waals surface area contributed by atoms with Gasteiger partial charge >= 0.3 is 5.97 Å². The van der Waals surface area contributed by atoms with Crippen LogP contribution in [0.4, 0.5) is 0 Å². The van der Waals surface area contributed by atoms with E-state index in [-0.39, 0.29) is 103 Å². The third-order valence-corrected chi connectivity index (χ3v) is 14.4. The quantitative estimate of drug-likeness (QED) is 0.179. The molecule has 0 aromatic rings. The molecule has 18 atom stereocenters. The molecule has 0 bridgehead atoms. The molecule has 0 amide bonds. The van der Waals surface area contributed by atoms with Gasteiger partial charge in [0.05, 0.1) is 30.8 Å². The summed E-state index contributed by atoms with van der Waals surface area (Å²) in [6, 6.07) is 0.334. The molecule has 1 saturated carbocycles. The molecule has 11 heteroatoms. The molecule has 0 spiro atoms. The number of rotatable bonds is 10. The average molecular weight is 774 g/mol. The highest BCUT2D eigenvalue weighted by Gasteiger charge is 2.54. The van der Waals surface area contributed by atoms with Gasteiger partial charge in [0, 0.05) is 39.2 Å². The molecular weight excluding hydrogens is 702 g/mol. The van der Waals surface area contributed by atoms with Crippen molar-refractivity contribution in [3.63, 3.8) is 0 Å². The first-order valence-corrected chi connectivity index (χ1v) is 21.3. The molecule has 3 aliphatic heterocycles. The van der Waals surface area contributed by atoms with Crippen molar-refractivity contribution in [3.05, 3.63) is 23.3 Å². The highest BCUT2D eigenvalue weighted by Crippen LogP contribution is 2.56. The number of likely N-dealkylation sites (N-methyl/N-ethyl adjacent to an activating group) is 1. The molecule has 11 nitrogen and oxygen atoms in total. The number of cyclic esters (lactones) is 1. The minimum absolute atomic E-state index is 0.0320. The fourth-order valence-electron chi connectivity index (χ4n) is 11.1. The largest absolute Gasteiger partial charge is 0.462 e. The summed E-state index contributed by atoms with van der Waals surface area (Å²) >= 11 is 0. The summed E-state index contributed by atoms with van der Waals surface area (Å²) in [5, 5.41) is 0. The van der Waals surface area contributed by atoms with Crippen LogP contribution in [0.25, 0.3) is 0 Å². The topological polar surface area (TPSA) is 111 Å². The molecule has 0 aromatic heterocycles. The Balaban J connectivity index is 1.25. The zero-order chi connectivity index (χ0) is 39.7. The number of hydrogen-bond donors (Lipinski definition) is 0. The summed E-state index contributed by atoms with van der Waals surface area (Å²) < 4.78 is 50.1. The summed E-state index contributed by atoms with van der Waals surface area (Å²) in [5.41, 5.74) is 2.08. The van der Waals surface area contributed by atoms with Crippen LogP contribution in [0.15, 0.2) is 23.3 Å². The van der Waals surface area contributed by atoms with Crippen LogP contribution in [-0.2, 0) is 47.5 Å². The Bertz CT molecular complexity index is 1380. The van der Waals surface area contributed by atoms with Crippen molar-refractivity contribution >= 4 is 11.8 Å². The van der Waals surface area contributed by atoms with Crippen LogP contribution in [0.5, 0.6) is 0 Å². The lowest BCUT2D eigenvalue weighted by molar-refractivity contribution is -0.314. The van der Waals surface area contributed by atoms with Gasteiger partial charge in [-0.25, -0.2) is 0 Å². The van der Waals surface area contributed by atoms with Crippen molar-refractivity contribution in [3.8, 4) is 0 Å². The number of ketones is 1. The van der Waals surface area contributed by atoms with Gasteiger partial charge in [-0.3, -0.25) is 9.59 Å². The van der Waals surface area contributed by atoms with Gasteiger partial charge in [-0.15, -0.1) is 0 Å². The summed E-state index contributed by atoms with van der Waals surface area (Å²) in [5.74, 6) is 0.218. The van der Waals surface area contributed by atoms with Crippen molar-refractivity contribution in [2.45, 2.75) is 167 Å². The predicted molar refractivity (Wildman–Crippen MR) is 208 cm³/mol. The SMILES string of the molecule is CCC(C)[C@H]1CCC[C@H](O[C@H]2CC[C@H](N(C)C)[C@@H](C)O2)[C@@H](C)C(=O)C2=C[C@@H]3[C@@H](C=C(C)[C@@H]4C[C@@H](O[C@@H]5O[C@@H](C)[C@H](OC)[C@@H](OC)[C@H]5OC)C[C@@H]34)[C@@H]2CC(=O)O1. The fraction of sp³-hybridized carbons (Fsp3) is 0.864. The summed E-state index contributed by atoms with van der Waals surface area (Å²) in [7, 11) is 9.18. The number of ether oxygens (including phenoxy) is 8. The van der Waals surface area contributed by atoms with Crippen molar-refractivity contribution in [2.24, 2.45) is 41.4 Å². The second-order valence-corrected chi connectivity index (χ2v) is 17.9. The van der Waals surface area contributed by atoms with Crippen LogP contribution in [0, 0.1) is 41.4 Å². The first kappa shape index (κ1) is 42.9. The van der Waals surface area contributed by atoms with E-state index in [1.807, 2.05) is 13.8 Å². The van der Waals surface area contributed by atoms with Crippen LogP contribution in [0.3, 0.4) is 0 Å². The number of allylic oxidation sites excluding steroid dienone is 4. The van der Waals surface area contributed by atoms with Gasteiger partial charge < -0.3 is 42.8 Å². The molecule has 0 aromatic carbocycles. The van der Waals surface area contributed by atoms with Gasteiger partial charge in [-0.1, -0.05) is 44.9 Å². The Morgan fingerprint density at radius 2 is 1.56 bits per heavy atom. The molecule has 3 heterocycles. The zero-order valence-electron chi connectivity index (χ0n) is 35.4. The lowest BCUT2D eigenvalue weighted by Crippen LogP contribution is -2.59. The van der Waals surface area contributed by atoms with Gasteiger partial charge in [-0.2, -0.15) is 0 Å². The van der Waals surface area contributed by atoms with Gasteiger partial charge in [0.1, 0.15) is 24.4 Å². The lowest BCUT2D eigenvalue weighted by atomic mass is 9.67. The maximum absolute atomic E-state index is 14.8. The van der Waals surface area contributed by atoms with Crippen molar-refractivity contribution < 1.29 is 47.5 Å². The summed E-state index contributed by atoms with van der Waals surface area (Å²) in [4.78, 5) is 30.9. The van der Waals surface area contributed by atoms with E-state index in [1.54, 1.807) is 21.3 Å². The Hall–Kier alpha value is -1.70. The highest BCUT2D eigenvalue weighted by molar-refractivity contribution is 5.99. The molecular formula is C44H71NO10. The normalized spacial score (nSPS) is 44.7. The van der Waals surface area contributed by atoms with Crippen LogP contribution in [0.1, 0.15) is 99.3 Å². The van der Waals surface area contributed by atoms with E-state index in [9.17, 15) is 9.59 Å².